The third-order valence-electron chi connectivity index (χ3n) is 7.32. The lowest BCUT2D eigenvalue weighted by Crippen LogP contribution is -2.42. The molecule has 0 unspecified atom stereocenters. The monoisotopic (exact) mass is 521 g/mol. The molecule has 198 valence electrons. The maximum Gasteiger partial charge on any atom is 0.198 e. The maximum atomic E-state index is 9.34. The molecule has 0 amide bonds. The zero-order valence-corrected chi connectivity index (χ0v) is 24.2. The summed E-state index contributed by atoms with van der Waals surface area (Å²) in [4.78, 5) is 2.17. The Balaban J connectivity index is 1.94. The van der Waals surface area contributed by atoms with Crippen LogP contribution in [0.5, 0.6) is 0 Å². The lowest BCUT2D eigenvalue weighted by atomic mass is 10.2. The Morgan fingerprint density at radius 3 is 1.83 bits per heavy atom. The van der Waals surface area contributed by atoms with Crippen molar-refractivity contribution in [3.8, 4) is 0 Å². The molecule has 6 nitrogen and oxygen atoms in total. The summed E-state index contributed by atoms with van der Waals surface area (Å²) in [6.45, 7) is 15.4. The summed E-state index contributed by atoms with van der Waals surface area (Å²) in [5, 5.41) is 13.4. The Morgan fingerprint density at radius 1 is 0.943 bits per heavy atom. The van der Waals surface area contributed by atoms with Crippen molar-refractivity contribution in [1.82, 2.24) is 9.34 Å². The molecular weight excluding hydrogens is 473 g/mol. The number of hydrogen-bond acceptors (Lipinski definition) is 3. The minimum atomic E-state index is -2.07. The quantitative estimate of drug-likeness (QED) is 0.305. The van der Waals surface area contributed by atoms with Gasteiger partial charge in [-0.15, -0.1) is 0 Å². The van der Waals surface area contributed by atoms with E-state index in [1.54, 1.807) is 0 Å². The van der Waals surface area contributed by atoms with Gasteiger partial charge in [0.1, 0.15) is 7.36 Å². The van der Waals surface area contributed by atoms with E-state index in [2.05, 4.69) is 71.5 Å². The van der Waals surface area contributed by atoms with E-state index in [1.165, 1.54) is 51.4 Å². The first-order chi connectivity index (χ1) is 16.8. The minimum absolute atomic E-state index is 0.0171. The van der Waals surface area contributed by atoms with Gasteiger partial charge in [0, 0.05) is 55.8 Å². The molecule has 0 bridgehead atoms. The smallest absolute Gasteiger partial charge is 0.198 e. The molecule has 2 saturated heterocycles. The Morgan fingerprint density at radius 2 is 1.43 bits per heavy atom. The van der Waals surface area contributed by atoms with Gasteiger partial charge in [-0.25, -0.2) is 4.74 Å². The largest absolute Gasteiger partial charge is 0.395 e. The van der Waals surface area contributed by atoms with Crippen molar-refractivity contribution >= 4 is 36.1 Å². The lowest BCUT2D eigenvalue weighted by Gasteiger charge is -2.50. The first-order valence-electron chi connectivity index (χ1n) is 13.7. The van der Waals surface area contributed by atoms with Crippen molar-refractivity contribution in [2.24, 2.45) is 4.74 Å². The van der Waals surface area contributed by atoms with Crippen LogP contribution in [0, 0.1) is 0 Å². The van der Waals surface area contributed by atoms with E-state index in [9.17, 15) is 5.11 Å². The van der Waals surface area contributed by atoms with Crippen LogP contribution in [0.4, 0.5) is 11.4 Å². The molecular formula is C27H48N5OPS. The molecule has 2 heterocycles. The molecule has 0 radical (unpaired) electrons. The molecule has 0 spiro atoms. The maximum absolute atomic E-state index is 9.34. The predicted molar refractivity (Wildman–Crippen MR) is 157 cm³/mol. The van der Waals surface area contributed by atoms with Gasteiger partial charge < -0.3 is 15.3 Å². The van der Waals surface area contributed by atoms with Gasteiger partial charge >= 0.3 is 0 Å². The van der Waals surface area contributed by atoms with E-state index in [0.717, 1.165) is 44.1 Å². The van der Waals surface area contributed by atoms with Crippen molar-refractivity contribution in [2.45, 2.75) is 84.2 Å². The molecule has 1 aromatic rings. The van der Waals surface area contributed by atoms with Crippen molar-refractivity contribution < 1.29 is 5.11 Å². The fourth-order valence-corrected chi connectivity index (χ4v) is 10.6. The fraction of sp³-hybridized carbons (Fsp3) is 0.741. The average Bonchev–Trinajstić information content (AvgIpc) is 3.27. The van der Waals surface area contributed by atoms with E-state index in [1.807, 2.05) is 0 Å². The van der Waals surface area contributed by atoms with E-state index in [4.69, 9.17) is 17.0 Å². The molecule has 0 atom stereocenters. The van der Waals surface area contributed by atoms with Crippen molar-refractivity contribution in [3.05, 3.63) is 24.3 Å². The third-order valence-corrected chi connectivity index (χ3v) is 12.3. The summed E-state index contributed by atoms with van der Waals surface area (Å²) in [5.41, 5.74) is 2.09. The van der Waals surface area contributed by atoms with Gasteiger partial charge in [-0.2, -0.15) is 0 Å². The van der Waals surface area contributed by atoms with Crippen LogP contribution in [0.1, 0.15) is 79.1 Å². The van der Waals surface area contributed by atoms with Crippen LogP contribution in [0.15, 0.2) is 29.0 Å². The van der Waals surface area contributed by atoms with Gasteiger partial charge in [0.2, 0.25) is 0 Å². The number of thiocarbonyl (C=S) groups is 1. The average molecular weight is 522 g/mol. The second-order valence-corrected chi connectivity index (χ2v) is 15.1. The summed E-state index contributed by atoms with van der Waals surface area (Å²) < 4.78 is 11.1. The van der Waals surface area contributed by atoms with Crippen LogP contribution in [-0.2, 0) is 0 Å². The second-order valence-electron chi connectivity index (χ2n) is 10.9. The summed E-state index contributed by atoms with van der Waals surface area (Å²) in [6, 6.07) is 8.35. The van der Waals surface area contributed by atoms with Crippen LogP contribution in [0.2, 0.25) is 0 Å². The van der Waals surface area contributed by atoms with Crippen LogP contribution < -0.4 is 10.2 Å². The molecule has 2 N–H and O–H groups in total. The molecule has 35 heavy (non-hydrogen) atoms. The highest BCUT2D eigenvalue weighted by Gasteiger charge is 2.44. The van der Waals surface area contributed by atoms with E-state index < -0.39 is 7.36 Å². The topological polar surface area (TPSA) is 54.3 Å². The van der Waals surface area contributed by atoms with Gasteiger partial charge in [-0.3, -0.25) is 9.34 Å². The molecule has 3 rings (SSSR count). The van der Waals surface area contributed by atoms with Crippen LogP contribution in [0.3, 0.4) is 0 Å². The van der Waals surface area contributed by atoms with Gasteiger partial charge in [-0.05, 0) is 69.1 Å². The highest BCUT2D eigenvalue weighted by molar-refractivity contribution is 7.81. The lowest BCUT2D eigenvalue weighted by molar-refractivity contribution is 0.302. The zero-order valence-electron chi connectivity index (χ0n) is 22.5. The standard InChI is InChI=1S/C27H48N5OPS/c1-5-30(22-23-33)25-16-14-24(15-17-25)28-26(35)29-34(27(2,3)4,31-18-10-6-7-11-19-31)32-20-12-8-9-13-21-32/h14-17,33H,5-13,18-23H2,1-4H3,(H,28,35). The molecule has 1 aromatic carbocycles. The number of hydrogen-bond donors (Lipinski definition) is 2. The summed E-state index contributed by atoms with van der Waals surface area (Å²) in [6.07, 6.45) is 10.3. The molecule has 2 aliphatic heterocycles. The first kappa shape index (κ1) is 28.6. The van der Waals surface area contributed by atoms with Gasteiger partial charge in [0.15, 0.2) is 5.11 Å². The summed E-state index contributed by atoms with van der Waals surface area (Å²) >= 11 is 5.96. The third kappa shape index (κ3) is 7.29. The number of aliphatic hydroxyl groups is 1. The summed E-state index contributed by atoms with van der Waals surface area (Å²) in [5.74, 6) is 0. The highest BCUT2D eigenvalue weighted by atomic mass is 32.1. The van der Waals surface area contributed by atoms with Crippen LogP contribution >= 0.6 is 19.6 Å². The number of anilines is 2. The molecule has 8 heteroatoms. The van der Waals surface area contributed by atoms with Crippen molar-refractivity contribution in [2.75, 3.05) is 56.1 Å². The molecule has 2 aliphatic rings. The number of aliphatic hydroxyl groups excluding tert-OH is 1. The molecule has 0 saturated carbocycles. The molecule has 2 fully saturated rings. The molecule has 0 aliphatic carbocycles. The Kier molecular flexibility index (Phi) is 11.1. The van der Waals surface area contributed by atoms with Crippen LogP contribution in [-0.4, -0.2) is 70.6 Å². The van der Waals surface area contributed by atoms with Gasteiger partial charge in [-0.1, -0.05) is 46.5 Å². The first-order valence-corrected chi connectivity index (χ1v) is 15.8. The number of likely N-dealkylation sites (N-methyl/N-ethyl adjacent to an activating group) is 1. The zero-order chi connectivity index (χ0) is 25.3. The van der Waals surface area contributed by atoms with Gasteiger partial charge in [0.25, 0.3) is 0 Å². The number of rotatable bonds is 7. The van der Waals surface area contributed by atoms with Gasteiger partial charge in [0.05, 0.1) is 6.61 Å². The fourth-order valence-electron chi connectivity index (χ4n) is 5.59. The van der Waals surface area contributed by atoms with E-state index in [-0.39, 0.29) is 11.8 Å². The Bertz CT molecular complexity index is 814. The second kappa shape index (κ2) is 13.5. The Hall–Kier alpha value is -0.980. The normalized spacial score (nSPS) is 19.0. The summed E-state index contributed by atoms with van der Waals surface area (Å²) in [7, 11) is -2.07. The molecule has 0 aromatic heterocycles. The van der Waals surface area contributed by atoms with E-state index >= 15 is 0 Å². The van der Waals surface area contributed by atoms with Crippen molar-refractivity contribution in [1.29, 1.82) is 0 Å². The number of nitrogens with one attached hydrogen (secondary N) is 1. The highest BCUT2D eigenvalue weighted by Crippen LogP contribution is 2.66. The SMILES string of the molecule is CCN(CCO)c1ccc(NC(=S)N=P(N2CCCCCC2)(N2CCCCCC2)C(C)(C)C)cc1. The Labute approximate surface area is 219 Å². The minimum Gasteiger partial charge on any atom is -0.395 e. The van der Waals surface area contributed by atoms with E-state index in [0.29, 0.717) is 11.7 Å². The predicted octanol–water partition coefficient (Wildman–Crippen LogP) is 6.78. The number of benzene rings is 1. The van der Waals surface area contributed by atoms with Crippen LogP contribution in [0.25, 0.3) is 0 Å². The van der Waals surface area contributed by atoms with Crippen molar-refractivity contribution in [3.63, 3.8) is 0 Å². The number of nitrogens with zero attached hydrogens (tertiary/aromatic N) is 4.